The Hall–Kier alpha value is -2.15. The molecule has 0 aliphatic carbocycles. The van der Waals surface area contributed by atoms with Gasteiger partial charge in [-0.3, -0.25) is 9.59 Å². The van der Waals surface area contributed by atoms with Crippen molar-refractivity contribution >= 4 is 17.6 Å². The van der Waals surface area contributed by atoms with E-state index in [1.54, 1.807) is 6.92 Å². The van der Waals surface area contributed by atoms with Gasteiger partial charge in [0, 0.05) is 18.8 Å². The zero-order valence-corrected chi connectivity index (χ0v) is 11.6. The highest BCUT2D eigenvalue weighted by molar-refractivity contribution is 6.08. The van der Waals surface area contributed by atoms with E-state index in [9.17, 15) is 14.4 Å². The number of anilines is 1. The maximum absolute atomic E-state index is 11.8. The highest BCUT2D eigenvalue weighted by atomic mass is 16.5. The Morgan fingerprint density at radius 2 is 2.10 bits per heavy atom. The van der Waals surface area contributed by atoms with Crippen LogP contribution in [-0.2, 0) is 20.9 Å². The third-order valence-corrected chi connectivity index (χ3v) is 2.54. The van der Waals surface area contributed by atoms with Gasteiger partial charge in [-0.15, -0.1) is 0 Å². The number of aryl methyl sites for hydroxylation is 1. The van der Waals surface area contributed by atoms with E-state index in [2.05, 4.69) is 10.1 Å². The van der Waals surface area contributed by atoms with Crippen molar-refractivity contribution < 1.29 is 14.3 Å². The molecule has 0 saturated carbocycles. The zero-order chi connectivity index (χ0) is 15.1. The molecule has 1 atom stereocenters. The summed E-state index contributed by atoms with van der Waals surface area (Å²) >= 11 is 0. The molecule has 1 aromatic rings. The van der Waals surface area contributed by atoms with Crippen LogP contribution in [0, 0.1) is 0 Å². The number of esters is 1. The molecule has 0 bridgehead atoms. The number of carbonyl (C=O) groups excluding carboxylic acids is 2. The number of hydrogen-bond donors (Lipinski definition) is 2. The maximum atomic E-state index is 11.8. The van der Waals surface area contributed by atoms with Gasteiger partial charge in [0.1, 0.15) is 0 Å². The molecule has 7 nitrogen and oxygen atoms in total. The molecule has 0 spiro atoms. The van der Waals surface area contributed by atoms with E-state index >= 15 is 0 Å². The summed E-state index contributed by atoms with van der Waals surface area (Å²) in [6.07, 6.45) is 2.31. The fraction of sp³-hybridized carbons (Fsp3) is 0.462. The van der Waals surface area contributed by atoms with Gasteiger partial charge in [0.15, 0.2) is 6.04 Å². The minimum absolute atomic E-state index is 0.153. The fourth-order valence-electron chi connectivity index (χ4n) is 1.58. The number of pyridine rings is 1. The quantitative estimate of drug-likeness (QED) is 0.568. The van der Waals surface area contributed by atoms with Gasteiger partial charge in [-0.25, -0.2) is 4.79 Å². The Bertz CT molecular complexity index is 539. The largest absolute Gasteiger partial charge is 0.464 e. The minimum atomic E-state index is -1.39. The molecule has 1 rings (SSSR count). The van der Waals surface area contributed by atoms with Crippen LogP contribution < -0.4 is 16.6 Å². The summed E-state index contributed by atoms with van der Waals surface area (Å²) in [6.45, 7) is 4.27. The van der Waals surface area contributed by atoms with Gasteiger partial charge in [0.2, 0.25) is 0 Å². The predicted molar refractivity (Wildman–Crippen MR) is 74.2 cm³/mol. The van der Waals surface area contributed by atoms with Gasteiger partial charge >= 0.3 is 5.97 Å². The molecular formula is C13H19N3O4. The van der Waals surface area contributed by atoms with E-state index in [1.807, 2.05) is 6.92 Å². The summed E-state index contributed by atoms with van der Waals surface area (Å²) in [6, 6.07) is 1.42. The number of rotatable bonds is 6. The molecule has 20 heavy (non-hydrogen) atoms. The first-order valence-electron chi connectivity index (χ1n) is 6.43. The Balaban J connectivity index is 2.78. The fourth-order valence-corrected chi connectivity index (χ4v) is 1.58. The number of nitrogens with two attached hydrogens (primary N) is 1. The molecule has 0 aliphatic heterocycles. The molecule has 3 N–H and O–H groups in total. The molecule has 0 fully saturated rings. The highest BCUT2D eigenvalue weighted by Crippen LogP contribution is 2.04. The molecule has 0 aromatic carbocycles. The first-order valence-corrected chi connectivity index (χ1v) is 6.43. The molecule has 0 aliphatic rings. The van der Waals surface area contributed by atoms with Crippen LogP contribution in [0.3, 0.4) is 0 Å². The lowest BCUT2D eigenvalue weighted by atomic mass is 10.3. The third kappa shape index (κ3) is 4.20. The van der Waals surface area contributed by atoms with Gasteiger partial charge in [0.05, 0.1) is 12.3 Å². The molecule has 1 unspecified atom stereocenters. The summed E-state index contributed by atoms with van der Waals surface area (Å²) in [5.74, 6) is -1.46. The summed E-state index contributed by atoms with van der Waals surface area (Å²) in [5.41, 5.74) is 5.72. The lowest BCUT2D eigenvalue weighted by molar-refractivity contribution is -0.146. The van der Waals surface area contributed by atoms with Crippen molar-refractivity contribution in [3.8, 4) is 0 Å². The zero-order valence-electron chi connectivity index (χ0n) is 11.6. The molecular weight excluding hydrogens is 262 g/mol. The minimum Gasteiger partial charge on any atom is -0.464 e. The number of hydrogen-bond acceptors (Lipinski definition) is 5. The first-order chi connectivity index (χ1) is 9.49. The van der Waals surface area contributed by atoms with Crippen molar-refractivity contribution in [3.63, 3.8) is 0 Å². The van der Waals surface area contributed by atoms with Crippen LogP contribution in [0.15, 0.2) is 23.1 Å². The molecule has 0 radical (unpaired) electrons. The predicted octanol–water partition coefficient (Wildman–Crippen LogP) is 0.0872. The van der Waals surface area contributed by atoms with Crippen LogP contribution in [0.4, 0.5) is 5.69 Å². The number of nitrogens with one attached hydrogen (secondary N) is 1. The third-order valence-electron chi connectivity index (χ3n) is 2.54. The van der Waals surface area contributed by atoms with E-state index < -0.39 is 17.9 Å². The van der Waals surface area contributed by atoms with Crippen molar-refractivity contribution in [3.05, 3.63) is 28.7 Å². The van der Waals surface area contributed by atoms with E-state index in [0.717, 1.165) is 6.42 Å². The number of carbonyl (C=O) groups is 2. The molecule has 0 saturated heterocycles. The average molecular weight is 281 g/mol. The summed E-state index contributed by atoms with van der Waals surface area (Å²) < 4.78 is 6.14. The highest BCUT2D eigenvalue weighted by Gasteiger charge is 2.23. The number of amides is 1. The van der Waals surface area contributed by atoms with Gasteiger partial charge in [0.25, 0.3) is 11.5 Å². The van der Waals surface area contributed by atoms with Crippen LogP contribution in [-0.4, -0.2) is 29.1 Å². The van der Waals surface area contributed by atoms with Crippen LogP contribution in [0.2, 0.25) is 0 Å². The maximum Gasteiger partial charge on any atom is 0.332 e. The molecule has 1 aromatic heterocycles. The van der Waals surface area contributed by atoms with Crippen LogP contribution in [0.5, 0.6) is 0 Å². The molecule has 1 heterocycles. The lowest BCUT2D eigenvalue weighted by Gasteiger charge is -2.12. The van der Waals surface area contributed by atoms with Crippen molar-refractivity contribution in [1.82, 2.24) is 4.57 Å². The first kappa shape index (κ1) is 15.9. The Labute approximate surface area is 116 Å². The van der Waals surface area contributed by atoms with Crippen LogP contribution in [0.25, 0.3) is 0 Å². The van der Waals surface area contributed by atoms with Gasteiger partial charge in [-0.05, 0) is 19.4 Å². The Kier molecular flexibility index (Phi) is 5.92. The molecule has 7 heteroatoms. The average Bonchev–Trinajstić information content (AvgIpc) is 2.42. The summed E-state index contributed by atoms with van der Waals surface area (Å²) in [5, 5.41) is 2.48. The van der Waals surface area contributed by atoms with Crippen molar-refractivity contribution in [2.45, 2.75) is 32.9 Å². The van der Waals surface area contributed by atoms with Gasteiger partial charge in [-0.1, -0.05) is 6.92 Å². The number of aromatic nitrogens is 1. The second-order valence-corrected chi connectivity index (χ2v) is 4.17. The SMILES string of the molecule is CCCn1cc(NC(=O)C(N)C(=O)OCC)ccc1=O. The number of ether oxygens (including phenoxy) is 1. The second-order valence-electron chi connectivity index (χ2n) is 4.17. The smallest absolute Gasteiger partial charge is 0.332 e. The van der Waals surface area contributed by atoms with Gasteiger partial charge < -0.3 is 20.4 Å². The van der Waals surface area contributed by atoms with E-state index in [-0.39, 0.29) is 12.2 Å². The number of nitrogens with zero attached hydrogens (tertiary/aromatic N) is 1. The van der Waals surface area contributed by atoms with E-state index in [4.69, 9.17) is 5.73 Å². The second kappa shape index (κ2) is 7.44. The van der Waals surface area contributed by atoms with E-state index in [0.29, 0.717) is 12.2 Å². The summed E-state index contributed by atoms with van der Waals surface area (Å²) in [4.78, 5) is 34.6. The Morgan fingerprint density at radius 3 is 2.70 bits per heavy atom. The lowest BCUT2D eigenvalue weighted by Crippen LogP contribution is -2.43. The monoisotopic (exact) mass is 281 g/mol. The van der Waals surface area contributed by atoms with Crippen LogP contribution >= 0.6 is 0 Å². The summed E-state index contributed by atoms with van der Waals surface area (Å²) in [7, 11) is 0. The van der Waals surface area contributed by atoms with E-state index in [1.165, 1.54) is 22.9 Å². The van der Waals surface area contributed by atoms with Crippen LogP contribution in [0.1, 0.15) is 20.3 Å². The standard InChI is InChI=1S/C13H19N3O4/c1-3-7-16-8-9(5-6-10(16)17)15-12(18)11(14)13(19)20-4-2/h5-6,8,11H,3-4,7,14H2,1-2H3,(H,15,18). The van der Waals surface area contributed by atoms with Crippen molar-refractivity contribution in [1.29, 1.82) is 0 Å². The molecule has 1 amide bonds. The van der Waals surface area contributed by atoms with Gasteiger partial charge in [-0.2, -0.15) is 0 Å². The molecule has 110 valence electrons. The normalized spacial score (nSPS) is 11.8. The van der Waals surface area contributed by atoms with Crippen molar-refractivity contribution in [2.24, 2.45) is 5.73 Å². The topological polar surface area (TPSA) is 103 Å². The van der Waals surface area contributed by atoms with Crippen molar-refractivity contribution in [2.75, 3.05) is 11.9 Å². The Morgan fingerprint density at radius 1 is 1.40 bits per heavy atom.